The van der Waals surface area contributed by atoms with Crippen LogP contribution >= 0.6 is 0 Å². The molecule has 0 radical (unpaired) electrons. The van der Waals surface area contributed by atoms with Crippen molar-refractivity contribution in [2.45, 2.75) is 72.6 Å². The van der Waals surface area contributed by atoms with Gasteiger partial charge in [0.2, 0.25) is 0 Å². The first kappa shape index (κ1) is 16.0. The van der Waals surface area contributed by atoms with Gasteiger partial charge in [0.1, 0.15) is 0 Å². The summed E-state index contributed by atoms with van der Waals surface area (Å²) in [6.45, 7) is 15.3. The Morgan fingerprint density at radius 3 is 2.06 bits per heavy atom. The quantitative estimate of drug-likeness (QED) is 0.543. The molecule has 1 fully saturated rings. The zero-order valence-electron chi connectivity index (χ0n) is 13.4. The second-order valence-electron chi connectivity index (χ2n) is 6.90. The lowest BCUT2D eigenvalue weighted by atomic mass is 9.95. The molecule has 1 heterocycles. The maximum atomic E-state index is 2.49. The summed E-state index contributed by atoms with van der Waals surface area (Å²) < 4.78 is 1.42. The average Bonchev–Trinajstić information content (AvgIpc) is 2.39. The van der Waals surface area contributed by atoms with Gasteiger partial charge in [-0.25, -0.2) is 0 Å². The standard InChI is InChI=1S/C17H36N/c1-5-16(3)11-10-12-17(4)15-18(6-2)13-8-7-9-14-18/h16-17H,5-15H2,1-4H3/q+1. The zero-order chi connectivity index (χ0) is 13.4. The molecule has 0 aliphatic carbocycles. The molecule has 0 saturated carbocycles. The number of hydrogen-bond donors (Lipinski definition) is 0. The van der Waals surface area contributed by atoms with E-state index in [1.54, 1.807) is 0 Å². The summed E-state index contributed by atoms with van der Waals surface area (Å²) in [5, 5.41) is 0. The third kappa shape index (κ3) is 5.30. The van der Waals surface area contributed by atoms with Gasteiger partial charge in [-0.2, -0.15) is 0 Å². The van der Waals surface area contributed by atoms with Crippen molar-refractivity contribution in [2.24, 2.45) is 11.8 Å². The zero-order valence-corrected chi connectivity index (χ0v) is 13.4. The Morgan fingerprint density at radius 2 is 1.50 bits per heavy atom. The van der Waals surface area contributed by atoms with Crippen molar-refractivity contribution in [3.63, 3.8) is 0 Å². The highest BCUT2D eigenvalue weighted by Gasteiger charge is 2.29. The van der Waals surface area contributed by atoms with E-state index in [2.05, 4.69) is 27.7 Å². The molecule has 1 saturated heterocycles. The van der Waals surface area contributed by atoms with Crippen molar-refractivity contribution < 1.29 is 4.48 Å². The van der Waals surface area contributed by atoms with Gasteiger partial charge in [-0.1, -0.05) is 40.0 Å². The number of quaternary nitrogens is 1. The van der Waals surface area contributed by atoms with E-state index in [4.69, 9.17) is 0 Å². The molecule has 0 spiro atoms. The van der Waals surface area contributed by atoms with Gasteiger partial charge in [0.25, 0.3) is 0 Å². The van der Waals surface area contributed by atoms with E-state index >= 15 is 0 Å². The van der Waals surface area contributed by atoms with Crippen LogP contribution in [0.15, 0.2) is 0 Å². The lowest BCUT2D eigenvalue weighted by Crippen LogP contribution is -2.53. The van der Waals surface area contributed by atoms with Gasteiger partial charge in [0, 0.05) is 5.92 Å². The molecular weight excluding hydrogens is 218 g/mol. The monoisotopic (exact) mass is 254 g/mol. The highest BCUT2D eigenvalue weighted by Crippen LogP contribution is 2.23. The van der Waals surface area contributed by atoms with Gasteiger partial charge < -0.3 is 4.48 Å². The fourth-order valence-electron chi connectivity index (χ4n) is 3.58. The van der Waals surface area contributed by atoms with Crippen LogP contribution in [0, 0.1) is 11.8 Å². The number of hydrogen-bond acceptors (Lipinski definition) is 0. The smallest absolute Gasteiger partial charge is 0.0812 e. The van der Waals surface area contributed by atoms with E-state index in [0.717, 1.165) is 11.8 Å². The molecule has 1 aliphatic rings. The Labute approximate surface area is 116 Å². The van der Waals surface area contributed by atoms with Crippen molar-refractivity contribution in [3.8, 4) is 0 Å². The first-order valence-corrected chi connectivity index (χ1v) is 8.47. The number of nitrogens with zero attached hydrogens (tertiary/aromatic N) is 1. The van der Waals surface area contributed by atoms with Gasteiger partial charge >= 0.3 is 0 Å². The van der Waals surface area contributed by atoms with E-state index < -0.39 is 0 Å². The van der Waals surface area contributed by atoms with Crippen LogP contribution in [0.4, 0.5) is 0 Å². The van der Waals surface area contributed by atoms with Crippen molar-refractivity contribution in [1.29, 1.82) is 0 Å². The number of rotatable bonds is 8. The summed E-state index contributed by atoms with van der Waals surface area (Å²) >= 11 is 0. The minimum atomic E-state index is 0.923. The van der Waals surface area contributed by atoms with E-state index in [1.165, 1.54) is 75.6 Å². The molecule has 1 nitrogen and oxygen atoms in total. The Bertz CT molecular complexity index is 206. The lowest BCUT2D eigenvalue weighted by molar-refractivity contribution is -0.933. The maximum Gasteiger partial charge on any atom is 0.0812 e. The predicted molar refractivity (Wildman–Crippen MR) is 81.7 cm³/mol. The Kier molecular flexibility index (Phi) is 7.29. The normalized spacial score (nSPS) is 22.7. The second kappa shape index (κ2) is 8.19. The summed E-state index contributed by atoms with van der Waals surface area (Å²) in [4.78, 5) is 0. The maximum absolute atomic E-state index is 2.49. The first-order valence-electron chi connectivity index (χ1n) is 8.47. The van der Waals surface area contributed by atoms with Crippen LogP contribution in [0.3, 0.4) is 0 Å². The van der Waals surface area contributed by atoms with Crippen LogP contribution in [0.25, 0.3) is 0 Å². The van der Waals surface area contributed by atoms with Gasteiger partial charge in [-0.15, -0.1) is 0 Å². The van der Waals surface area contributed by atoms with Crippen LogP contribution < -0.4 is 0 Å². The molecule has 0 N–H and O–H groups in total. The minimum Gasteiger partial charge on any atom is -0.324 e. The molecule has 0 amide bonds. The van der Waals surface area contributed by atoms with Crippen molar-refractivity contribution >= 4 is 0 Å². The SMILES string of the molecule is CCC(C)CCCC(C)C[N+]1(CC)CCCCC1. The van der Waals surface area contributed by atoms with E-state index in [0.29, 0.717) is 0 Å². The Balaban J connectivity index is 2.26. The summed E-state index contributed by atoms with van der Waals surface area (Å²) in [5.41, 5.74) is 0. The minimum absolute atomic E-state index is 0.923. The summed E-state index contributed by atoms with van der Waals surface area (Å²) in [7, 11) is 0. The van der Waals surface area contributed by atoms with Gasteiger partial charge in [-0.05, 0) is 38.5 Å². The molecule has 1 heteroatoms. The van der Waals surface area contributed by atoms with E-state index in [1.807, 2.05) is 0 Å². The highest BCUT2D eigenvalue weighted by atomic mass is 15.3. The molecule has 1 rings (SSSR count). The molecule has 0 aromatic heterocycles. The summed E-state index contributed by atoms with van der Waals surface area (Å²) in [6, 6.07) is 0. The lowest BCUT2D eigenvalue weighted by Gasteiger charge is -2.42. The van der Waals surface area contributed by atoms with Crippen molar-refractivity contribution in [1.82, 2.24) is 0 Å². The first-order chi connectivity index (χ1) is 8.62. The Morgan fingerprint density at radius 1 is 0.889 bits per heavy atom. The van der Waals surface area contributed by atoms with Crippen LogP contribution in [-0.2, 0) is 0 Å². The topological polar surface area (TPSA) is 0 Å². The fourth-order valence-corrected chi connectivity index (χ4v) is 3.58. The van der Waals surface area contributed by atoms with E-state index in [-0.39, 0.29) is 0 Å². The molecular formula is C17H36N+. The van der Waals surface area contributed by atoms with Crippen molar-refractivity contribution in [2.75, 3.05) is 26.2 Å². The van der Waals surface area contributed by atoms with Crippen LogP contribution in [0.2, 0.25) is 0 Å². The van der Waals surface area contributed by atoms with E-state index in [9.17, 15) is 0 Å². The summed E-state index contributed by atoms with van der Waals surface area (Å²) in [5.74, 6) is 1.86. The number of likely N-dealkylation sites (tertiary alicyclic amines) is 1. The molecule has 1 aliphatic heterocycles. The second-order valence-corrected chi connectivity index (χ2v) is 6.90. The third-order valence-corrected chi connectivity index (χ3v) is 5.23. The Hall–Kier alpha value is -0.0400. The average molecular weight is 254 g/mol. The van der Waals surface area contributed by atoms with Crippen LogP contribution in [-0.4, -0.2) is 30.7 Å². The molecule has 0 aromatic rings. The molecule has 0 bridgehead atoms. The molecule has 0 aromatic carbocycles. The van der Waals surface area contributed by atoms with Crippen LogP contribution in [0.5, 0.6) is 0 Å². The fraction of sp³-hybridized carbons (Fsp3) is 1.00. The largest absolute Gasteiger partial charge is 0.324 e. The van der Waals surface area contributed by atoms with Crippen LogP contribution in [0.1, 0.15) is 72.6 Å². The van der Waals surface area contributed by atoms with Gasteiger partial charge in [0.05, 0.1) is 26.2 Å². The molecule has 2 unspecified atom stereocenters. The highest BCUT2D eigenvalue weighted by molar-refractivity contribution is 4.60. The molecule has 2 atom stereocenters. The number of piperidine rings is 1. The van der Waals surface area contributed by atoms with Gasteiger partial charge in [-0.3, -0.25) is 0 Å². The third-order valence-electron chi connectivity index (χ3n) is 5.23. The molecule has 108 valence electrons. The van der Waals surface area contributed by atoms with Crippen molar-refractivity contribution in [3.05, 3.63) is 0 Å². The molecule has 18 heavy (non-hydrogen) atoms. The summed E-state index contributed by atoms with van der Waals surface area (Å²) in [6.07, 6.45) is 10.1. The predicted octanol–water partition coefficient (Wildman–Crippen LogP) is 4.86. The van der Waals surface area contributed by atoms with Gasteiger partial charge in [0.15, 0.2) is 0 Å².